The number of hydrogen-bond acceptors (Lipinski definition) is 2. The van der Waals surface area contributed by atoms with Gasteiger partial charge in [0, 0.05) is 18.9 Å². The molecule has 1 aromatic heterocycles. The molecule has 0 unspecified atom stereocenters. The number of nitrogens with one attached hydrogen (secondary N) is 1. The summed E-state index contributed by atoms with van der Waals surface area (Å²) in [5, 5.41) is 9.11. The molecule has 0 fully saturated rings. The topological polar surface area (TPSA) is 46.9 Å². The molecule has 3 rings (SSSR count). The first-order chi connectivity index (χ1) is 9.22. The van der Waals surface area contributed by atoms with Crippen molar-refractivity contribution in [2.75, 3.05) is 5.32 Å². The first kappa shape index (κ1) is 11.5. The number of benzene rings is 2. The van der Waals surface area contributed by atoms with Gasteiger partial charge in [0.25, 0.3) is 5.91 Å². The van der Waals surface area contributed by atoms with Crippen molar-refractivity contribution in [2.45, 2.75) is 0 Å². The number of aromatic nitrogens is 2. The van der Waals surface area contributed by atoms with Gasteiger partial charge >= 0.3 is 0 Å². The molecule has 4 nitrogen and oxygen atoms in total. The van der Waals surface area contributed by atoms with Gasteiger partial charge < -0.3 is 5.32 Å². The highest BCUT2D eigenvalue weighted by molar-refractivity contribution is 6.04. The van der Waals surface area contributed by atoms with Crippen molar-refractivity contribution in [3.8, 4) is 0 Å². The number of carbonyl (C=O) groups excluding carboxylic acids is 1. The van der Waals surface area contributed by atoms with E-state index in [9.17, 15) is 4.79 Å². The zero-order valence-electron chi connectivity index (χ0n) is 10.5. The molecule has 0 saturated carbocycles. The molecule has 0 aliphatic rings. The molecule has 2 aromatic carbocycles. The molecule has 0 radical (unpaired) electrons. The molecule has 1 N–H and O–H groups in total. The predicted molar refractivity (Wildman–Crippen MR) is 75.1 cm³/mol. The van der Waals surface area contributed by atoms with E-state index < -0.39 is 0 Å². The van der Waals surface area contributed by atoms with E-state index in [2.05, 4.69) is 10.4 Å². The summed E-state index contributed by atoms with van der Waals surface area (Å²) in [7, 11) is 1.78. The molecule has 0 saturated heterocycles. The van der Waals surface area contributed by atoms with Crippen molar-refractivity contribution in [3.05, 3.63) is 60.4 Å². The van der Waals surface area contributed by atoms with E-state index in [4.69, 9.17) is 0 Å². The summed E-state index contributed by atoms with van der Waals surface area (Å²) in [4.78, 5) is 12.0. The van der Waals surface area contributed by atoms with Crippen LogP contribution in [0.2, 0.25) is 0 Å². The van der Waals surface area contributed by atoms with E-state index in [1.807, 2.05) is 42.5 Å². The predicted octanol–water partition coefficient (Wildman–Crippen LogP) is 2.83. The fourth-order valence-electron chi connectivity index (χ4n) is 2.01. The zero-order chi connectivity index (χ0) is 13.2. The Morgan fingerprint density at radius 3 is 2.68 bits per heavy atom. The van der Waals surface area contributed by atoms with Crippen LogP contribution < -0.4 is 5.32 Å². The highest BCUT2D eigenvalue weighted by atomic mass is 16.1. The van der Waals surface area contributed by atoms with Gasteiger partial charge in [0.05, 0.1) is 11.8 Å². The van der Waals surface area contributed by atoms with Gasteiger partial charge in [-0.3, -0.25) is 9.48 Å². The van der Waals surface area contributed by atoms with Gasteiger partial charge in [0.15, 0.2) is 0 Å². The first-order valence-electron chi connectivity index (χ1n) is 6.01. The Morgan fingerprint density at radius 2 is 1.95 bits per heavy atom. The monoisotopic (exact) mass is 251 g/mol. The normalized spacial score (nSPS) is 10.6. The van der Waals surface area contributed by atoms with Crippen LogP contribution in [0.1, 0.15) is 10.4 Å². The van der Waals surface area contributed by atoms with E-state index in [0.29, 0.717) is 5.56 Å². The highest BCUT2D eigenvalue weighted by Crippen LogP contribution is 2.19. The van der Waals surface area contributed by atoms with Gasteiger partial charge in [-0.05, 0) is 22.9 Å². The summed E-state index contributed by atoms with van der Waals surface area (Å²) in [6.07, 6.45) is 3.24. The minimum atomic E-state index is -0.150. The summed E-state index contributed by atoms with van der Waals surface area (Å²) >= 11 is 0. The molecule has 1 heterocycles. The summed E-state index contributed by atoms with van der Waals surface area (Å²) in [5.74, 6) is -0.150. The molecule has 3 aromatic rings. The van der Waals surface area contributed by atoms with Crippen molar-refractivity contribution in [3.63, 3.8) is 0 Å². The van der Waals surface area contributed by atoms with E-state index in [1.54, 1.807) is 24.1 Å². The van der Waals surface area contributed by atoms with Crippen molar-refractivity contribution in [1.29, 1.82) is 0 Å². The molecule has 0 atom stereocenters. The molecule has 1 amide bonds. The summed E-state index contributed by atoms with van der Waals surface area (Å²) < 4.78 is 1.61. The standard InChI is InChI=1S/C15H13N3O/c1-18-10-13(9-16-18)15(19)17-14-7-6-11-4-2-3-5-12(11)8-14/h2-10H,1H3,(H,17,19). The van der Waals surface area contributed by atoms with Crippen LogP contribution in [-0.4, -0.2) is 15.7 Å². The third-order valence-corrected chi connectivity index (χ3v) is 2.97. The minimum absolute atomic E-state index is 0.150. The van der Waals surface area contributed by atoms with Crippen LogP contribution in [0.15, 0.2) is 54.9 Å². The van der Waals surface area contributed by atoms with Crippen LogP contribution in [0.3, 0.4) is 0 Å². The molecule has 0 bridgehead atoms. The van der Waals surface area contributed by atoms with Gasteiger partial charge in [0.1, 0.15) is 0 Å². The van der Waals surface area contributed by atoms with Crippen LogP contribution in [0, 0.1) is 0 Å². The number of aryl methyl sites for hydroxylation is 1. The Hall–Kier alpha value is -2.62. The van der Waals surface area contributed by atoms with Crippen LogP contribution in [-0.2, 0) is 7.05 Å². The second kappa shape index (κ2) is 4.57. The number of anilines is 1. The quantitative estimate of drug-likeness (QED) is 0.761. The second-order valence-corrected chi connectivity index (χ2v) is 4.42. The minimum Gasteiger partial charge on any atom is -0.322 e. The Kier molecular flexibility index (Phi) is 2.76. The SMILES string of the molecule is Cn1cc(C(=O)Nc2ccc3ccccc3c2)cn1. The maximum atomic E-state index is 12.0. The van der Waals surface area contributed by atoms with Crippen molar-refractivity contribution < 1.29 is 4.79 Å². The van der Waals surface area contributed by atoms with Crippen molar-refractivity contribution in [1.82, 2.24) is 9.78 Å². The molecule has 0 aliphatic heterocycles. The van der Waals surface area contributed by atoms with Crippen LogP contribution in [0.4, 0.5) is 5.69 Å². The lowest BCUT2D eigenvalue weighted by molar-refractivity contribution is 0.102. The number of hydrogen-bond donors (Lipinski definition) is 1. The number of amides is 1. The van der Waals surface area contributed by atoms with Gasteiger partial charge in [-0.1, -0.05) is 30.3 Å². The van der Waals surface area contributed by atoms with E-state index in [1.165, 1.54) is 0 Å². The third kappa shape index (κ3) is 2.33. The molecule has 94 valence electrons. The largest absolute Gasteiger partial charge is 0.322 e. The highest BCUT2D eigenvalue weighted by Gasteiger charge is 2.08. The fraction of sp³-hybridized carbons (Fsp3) is 0.0667. The molecular formula is C15H13N3O. The maximum Gasteiger partial charge on any atom is 0.258 e. The van der Waals surface area contributed by atoms with E-state index in [0.717, 1.165) is 16.5 Å². The maximum absolute atomic E-state index is 12.0. The molecular weight excluding hydrogens is 238 g/mol. The Morgan fingerprint density at radius 1 is 1.16 bits per heavy atom. The average Bonchev–Trinajstić information content (AvgIpc) is 2.85. The average molecular weight is 251 g/mol. The van der Waals surface area contributed by atoms with Crippen molar-refractivity contribution in [2.24, 2.45) is 7.05 Å². The van der Waals surface area contributed by atoms with Crippen LogP contribution in [0.5, 0.6) is 0 Å². The van der Waals surface area contributed by atoms with Gasteiger partial charge in [-0.25, -0.2) is 0 Å². The number of nitrogens with zero attached hydrogens (tertiary/aromatic N) is 2. The lowest BCUT2D eigenvalue weighted by atomic mass is 10.1. The second-order valence-electron chi connectivity index (χ2n) is 4.42. The summed E-state index contributed by atoms with van der Waals surface area (Å²) in [6, 6.07) is 13.9. The van der Waals surface area contributed by atoms with Crippen LogP contribution in [0.25, 0.3) is 10.8 Å². The number of rotatable bonds is 2. The number of carbonyl (C=O) groups is 1. The van der Waals surface area contributed by atoms with Crippen molar-refractivity contribution >= 4 is 22.4 Å². The van der Waals surface area contributed by atoms with Crippen LogP contribution >= 0.6 is 0 Å². The Bertz CT molecular complexity index is 746. The van der Waals surface area contributed by atoms with Gasteiger partial charge in [-0.2, -0.15) is 5.10 Å². The number of fused-ring (bicyclic) bond motifs is 1. The first-order valence-corrected chi connectivity index (χ1v) is 6.01. The lowest BCUT2D eigenvalue weighted by Gasteiger charge is -2.05. The fourth-order valence-corrected chi connectivity index (χ4v) is 2.01. The summed E-state index contributed by atoms with van der Waals surface area (Å²) in [6.45, 7) is 0. The summed E-state index contributed by atoms with van der Waals surface area (Å²) in [5.41, 5.74) is 1.34. The third-order valence-electron chi connectivity index (χ3n) is 2.97. The van der Waals surface area contributed by atoms with Gasteiger partial charge in [0.2, 0.25) is 0 Å². The Labute approximate surface area is 110 Å². The van der Waals surface area contributed by atoms with E-state index >= 15 is 0 Å². The van der Waals surface area contributed by atoms with Gasteiger partial charge in [-0.15, -0.1) is 0 Å². The smallest absolute Gasteiger partial charge is 0.258 e. The van der Waals surface area contributed by atoms with E-state index in [-0.39, 0.29) is 5.91 Å². The molecule has 0 spiro atoms. The molecule has 19 heavy (non-hydrogen) atoms. The lowest BCUT2D eigenvalue weighted by Crippen LogP contribution is -2.10. The zero-order valence-corrected chi connectivity index (χ0v) is 10.5. The molecule has 0 aliphatic carbocycles. The Balaban J connectivity index is 1.87. The molecule has 4 heteroatoms.